The van der Waals surface area contributed by atoms with Gasteiger partial charge >= 0.3 is 0 Å². The van der Waals surface area contributed by atoms with E-state index in [9.17, 15) is 9.59 Å². The summed E-state index contributed by atoms with van der Waals surface area (Å²) in [4.78, 5) is 29.0. The number of rotatable bonds is 4. The summed E-state index contributed by atoms with van der Waals surface area (Å²) in [5, 5.41) is 0. The van der Waals surface area contributed by atoms with Crippen molar-refractivity contribution in [2.45, 2.75) is 38.3 Å². The van der Waals surface area contributed by atoms with Crippen molar-refractivity contribution in [2.75, 3.05) is 19.6 Å². The molecule has 0 unspecified atom stereocenters. The minimum atomic E-state index is -0.881. The van der Waals surface area contributed by atoms with E-state index in [0.29, 0.717) is 24.8 Å². The quantitative estimate of drug-likeness (QED) is 0.850. The van der Waals surface area contributed by atoms with E-state index < -0.39 is 11.3 Å². The van der Waals surface area contributed by atoms with E-state index in [1.165, 1.54) is 12.0 Å². The number of nitrogens with zero attached hydrogens (tertiary/aromatic N) is 2. The standard InChI is InChI=1S/C19H25N3O2/c20-17(23)19(8-9-19)18(24)22-12-15-6-7-16(13-22)21(11-15)10-14-4-2-1-3-5-14/h1-5,15-16H,6-13H2,(H2,20,23)/t15-,16-/m1/s1. The second kappa shape index (κ2) is 5.88. The molecular formula is C19H25N3O2. The number of amides is 2. The van der Waals surface area contributed by atoms with Crippen molar-refractivity contribution in [1.29, 1.82) is 0 Å². The minimum Gasteiger partial charge on any atom is -0.369 e. The van der Waals surface area contributed by atoms with Gasteiger partial charge in [0.1, 0.15) is 5.41 Å². The van der Waals surface area contributed by atoms with Crippen molar-refractivity contribution in [3.05, 3.63) is 35.9 Å². The highest BCUT2D eigenvalue weighted by molar-refractivity contribution is 6.07. The molecule has 5 nitrogen and oxygen atoms in total. The predicted octanol–water partition coefficient (Wildman–Crippen LogP) is 1.37. The van der Waals surface area contributed by atoms with Crippen LogP contribution in [0.1, 0.15) is 31.2 Å². The van der Waals surface area contributed by atoms with Gasteiger partial charge < -0.3 is 10.6 Å². The number of benzene rings is 1. The van der Waals surface area contributed by atoms with Crippen LogP contribution in [0.4, 0.5) is 0 Å². The lowest BCUT2D eigenvalue weighted by atomic mass is 9.94. The minimum absolute atomic E-state index is 0.0199. The van der Waals surface area contributed by atoms with Crippen LogP contribution in [0.5, 0.6) is 0 Å². The summed E-state index contributed by atoms with van der Waals surface area (Å²) in [5.41, 5.74) is 5.93. The largest absolute Gasteiger partial charge is 0.369 e. The van der Waals surface area contributed by atoms with Gasteiger partial charge in [-0.05, 0) is 37.2 Å². The molecule has 24 heavy (non-hydrogen) atoms. The first-order valence-corrected chi connectivity index (χ1v) is 8.96. The number of nitrogens with two attached hydrogens (primary N) is 1. The zero-order valence-electron chi connectivity index (χ0n) is 14.0. The van der Waals surface area contributed by atoms with Crippen LogP contribution in [0, 0.1) is 11.3 Å². The molecule has 5 rings (SSSR count). The Hall–Kier alpha value is -1.88. The Morgan fingerprint density at radius 1 is 1.08 bits per heavy atom. The highest BCUT2D eigenvalue weighted by atomic mass is 16.2. The third kappa shape index (κ3) is 2.71. The summed E-state index contributed by atoms with van der Waals surface area (Å²) < 4.78 is 0. The molecule has 4 fully saturated rings. The maximum Gasteiger partial charge on any atom is 0.238 e. The average molecular weight is 327 g/mol. The van der Waals surface area contributed by atoms with Gasteiger partial charge in [-0.15, -0.1) is 0 Å². The van der Waals surface area contributed by atoms with Gasteiger partial charge in [-0.2, -0.15) is 0 Å². The fourth-order valence-corrected chi connectivity index (χ4v) is 4.35. The maximum absolute atomic E-state index is 12.9. The SMILES string of the molecule is NC(=O)C1(C(=O)N2C[C@@H]3CC[C@H](C2)N(Cc2ccccc2)C3)CC1. The molecule has 3 heterocycles. The number of carbonyl (C=O) groups excluding carboxylic acids is 2. The van der Waals surface area contributed by atoms with Crippen LogP contribution in [0.15, 0.2) is 30.3 Å². The smallest absolute Gasteiger partial charge is 0.238 e. The van der Waals surface area contributed by atoms with E-state index in [2.05, 4.69) is 29.2 Å². The fraction of sp³-hybridized carbons (Fsp3) is 0.579. The topological polar surface area (TPSA) is 66.6 Å². The van der Waals surface area contributed by atoms with Crippen LogP contribution in [0.2, 0.25) is 0 Å². The van der Waals surface area contributed by atoms with Crippen molar-refractivity contribution in [2.24, 2.45) is 17.1 Å². The van der Waals surface area contributed by atoms with Crippen molar-refractivity contribution in [3.8, 4) is 0 Å². The molecule has 5 heteroatoms. The number of hydrogen-bond acceptors (Lipinski definition) is 3. The number of fused-ring (bicyclic) bond motifs is 4. The van der Waals surface area contributed by atoms with Crippen LogP contribution in [0.25, 0.3) is 0 Å². The van der Waals surface area contributed by atoms with Crippen molar-refractivity contribution in [1.82, 2.24) is 9.80 Å². The zero-order valence-corrected chi connectivity index (χ0v) is 14.0. The second-order valence-corrected chi connectivity index (χ2v) is 7.67. The lowest BCUT2D eigenvalue weighted by Gasteiger charge is -2.36. The van der Waals surface area contributed by atoms with Crippen molar-refractivity contribution < 1.29 is 9.59 Å². The van der Waals surface area contributed by atoms with E-state index in [4.69, 9.17) is 5.73 Å². The third-order valence-corrected chi connectivity index (χ3v) is 5.97. The molecule has 2 N–H and O–H groups in total. The molecule has 2 amide bonds. The Morgan fingerprint density at radius 3 is 2.50 bits per heavy atom. The van der Waals surface area contributed by atoms with Crippen molar-refractivity contribution >= 4 is 11.8 Å². The summed E-state index contributed by atoms with van der Waals surface area (Å²) in [6.45, 7) is 3.48. The summed E-state index contributed by atoms with van der Waals surface area (Å²) in [5.74, 6) is 0.0405. The first kappa shape index (κ1) is 15.6. The van der Waals surface area contributed by atoms with Gasteiger partial charge in [-0.3, -0.25) is 14.5 Å². The number of primary amides is 1. The molecule has 2 bridgehead atoms. The first-order chi connectivity index (χ1) is 11.6. The van der Waals surface area contributed by atoms with E-state index >= 15 is 0 Å². The van der Waals surface area contributed by atoms with Gasteiger partial charge in [0.25, 0.3) is 0 Å². The Kier molecular flexibility index (Phi) is 3.83. The van der Waals surface area contributed by atoms with Crippen LogP contribution in [-0.4, -0.2) is 47.3 Å². The van der Waals surface area contributed by atoms with Crippen molar-refractivity contribution in [3.63, 3.8) is 0 Å². The monoisotopic (exact) mass is 327 g/mol. The molecule has 1 aromatic carbocycles. The second-order valence-electron chi connectivity index (χ2n) is 7.67. The average Bonchev–Trinajstić information content (AvgIpc) is 3.41. The molecule has 2 atom stereocenters. The Balaban J connectivity index is 1.49. The summed E-state index contributed by atoms with van der Waals surface area (Å²) in [7, 11) is 0. The van der Waals surface area contributed by atoms with E-state index in [1.54, 1.807) is 0 Å². The first-order valence-electron chi connectivity index (χ1n) is 8.96. The zero-order chi connectivity index (χ0) is 16.7. The summed E-state index contributed by atoms with van der Waals surface area (Å²) in [6, 6.07) is 10.9. The van der Waals surface area contributed by atoms with Gasteiger partial charge in [0.15, 0.2) is 0 Å². The predicted molar refractivity (Wildman–Crippen MR) is 90.8 cm³/mol. The van der Waals surface area contributed by atoms with E-state index in [0.717, 1.165) is 32.6 Å². The molecule has 1 saturated carbocycles. The highest BCUT2D eigenvalue weighted by Crippen LogP contribution is 2.47. The lowest BCUT2D eigenvalue weighted by molar-refractivity contribution is -0.143. The van der Waals surface area contributed by atoms with Gasteiger partial charge in [0, 0.05) is 32.2 Å². The van der Waals surface area contributed by atoms with Crippen LogP contribution in [0.3, 0.4) is 0 Å². The van der Waals surface area contributed by atoms with Gasteiger partial charge in [0.2, 0.25) is 11.8 Å². The molecule has 0 aromatic heterocycles. The molecule has 4 aliphatic rings. The molecule has 128 valence electrons. The normalized spacial score (nSPS) is 28.4. The van der Waals surface area contributed by atoms with Crippen LogP contribution >= 0.6 is 0 Å². The van der Waals surface area contributed by atoms with Crippen LogP contribution < -0.4 is 5.73 Å². The summed E-state index contributed by atoms with van der Waals surface area (Å²) >= 11 is 0. The molecule has 3 aliphatic heterocycles. The van der Waals surface area contributed by atoms with E-state index in [1.807, 2.05) is 11.0 Å². The summed E-state index contributed by atoms with van der Waals surface area (Å²) in [6.07, 6.45) is 3.55. The molecule has 3 saturated heterocycles. The van der Waals surface area contributed by atoms with Gasteiger partial charge in [-0.1, -0.05) is 30.3 Å². The molecule has 0 radical (unpaired) electrons. The Morgan fingerprint density at radius 2 is 1.83 bits per heavy atom. The van der Waals surface area contributed by atoms with Gasteiger partial charge in [-0.25, -0.2) is 0 Å². The third-order valence-electron chi connectivity index (χ3n) is 5.97. The highest BCUT2D eigenvalue weighted by Gasteiger charge is 2.57. The number of carbonyl (C=O) groups is 2. The molecular weight excluding hydrogens is 302 g/mol. The Bertz CT molecular complexity index is 641. The molecule has 1 aromatic rings. The molecule has 1 aliphatic carbocycles. The number of piperidine rings is 1. The lowest BCUT2D eigenvalue weighted by Crippen LogP contribution is -2.47. The van der Waals surface area contributed by atoms with Crippen LogP contribution in [-0.2, 0) is 16.1 Å². The Labute approximate surface area is 142 Å². The van der Waals surface area contributed by atoms with E-state index in [-0.39, 0.29) is 5.91 Å². The van der Waals surface area contributed by atoms with Gasteiger partial charge in [0.05, 0.1) is 0 Å². The maximum atomic E-state index is 12.9. The molecule has 0 spiro atoms. The fourth-order valence-electron chi connectivity index (χ4n) is 4.35. The number of hydrogen-bond donors (Lipinski definition) is 1.